The van der Waals surface area contributed by atoms with Gasteiger partial charge in [0.1, 0.15) is 0 Å². The van der Waals surface area contributed by atoms with E-state index >= 15 is 0 Å². The molecule has 2 aliphatic rings. The van der Waals surface area contributed by atoms with Gasteiger partial charge in [-0.3, -0.25) is 14.9 Å². The molecule has 2 aliphatic heterocycles. The third-order valence-electron chi connectivity index (χ3n) is 5.65. The third-order valence-corrected chi connectivity index (χ3v) is 6.46. The van der Waals surface area contributed by atoms with Crippen LogP contribution in [0.4, 0.5) is 10.5 Å². The molecule has 0 atom stereocenters. The highest BCUT2D eigenvalue weighted by Gasteiger charge is 2.25. The Kier molecular flexibility index (Phi) is 5.17. The SMILES string of the molecule is CN1CCN(c2ccc(-c3cnnc4ccc(C=C5SC(=O)NC5=O)cc34)cc2)CC1. The average molecular weight is 432 g/mol. The number of fused-ring (bicyclic) bond motifs is 1. The summed E-state index contributed by atoms with van der Waals surface area (Å²) in [4.78, 5) is 28.4. The molecule has 8 heteroatoms. The van der Waals surface area contributed by atoms with E-state index in [9.17, 15) is 9.59 Å². The molecule has 1 aromatic heterocycles. The minimum atomic E-state index is -0.359. The summed E-state index contributed by atoms with van der Waals surface area (Å²) in [5.74, 6) is -0.359. The summed E-state index contributed by atoms with van der Waals surface area (Å²) in [7, 11) is 2.15. The standard InChI is InChI=1S/C23H21N5O2S/c1-27-8-10-28(11-9-27)17-5-3-16(4-6-17)19-14-24-26-20-7-2-15(12-18(19)20)13-21-22(29)25-23(30)31-21/h2-7,12-14H,8-11H2,1H3,(H,25,29,30). The summed E-state index contributed by atoms with van der Waals surface area (Å²) in [6.45, 7) is 4.20. The molecular weight excluding hydrogens is 410 g/mol. The number of anilines is 1. The van der Waals surface area contributed by atoms with Gasteiger partial charge in [0.25, 0.3) is 11.1 Å². The van der Waals surface area contributed by atoms with Crippen molar-refractivity contribution in [2.75, 3.05) is 38.1 Å². The number of carbonyl (C=O) groups is 2. The van der Waals surface area contributed by atoms with Gasteiger partial charge in [-0.25, -0.2) is 0 Å². The number of amides is 2. The van der Waals surface area contributed by atoms with Crippen molar-refractivity contribution in [2.45, 2.75) is 0 Å². The molecular formula is C23H21N5O2S. The number of imide groups is 1. The Bertz CT molecular complexity index is 1200. The summed E-state index contributed by atoms with van der Waals surface area (Å²) >= 11 is 0.916. The number of nitrogens with one attached hydrogen (secondary N) is 1. The zero-order valence-electron chi connectivity index (χ0n) is 17.0. The van der Waals surface area contributed by atoms with Crippen LogP contribution in [0.2, 0.25) is 0 Å². The Labute approximate surface area is 184 Å². The fraction of sp³-hybridized carbons (Fsp3) is 0.217. The molecule has 0 unspecified atom stereocenters. The van der Waals surface area contributed by atoms with Crippen LogP contribution in [-0.2, 0) is 4.79 Å². The van der Waals surface area contributed by atoms with Crippen LogP contribution in [0.1, 0.15) is 5.56 Å². The van der Waals surface area contributed by atoms with Crippen molar-refractivity contribution < 1.29 is 9.59 Å². The number of piperazine rings is 1. The maximum atomic E-state index is 11.9. The number of likely N-dealkylation sites (N-methyl/N-ethyl adjacent to an activating group) is 1. The monoisotopic (exact) mass is 431 g/mol. The molecule has 2 aromatic carbocycles. The Morgan fingerprint density at radius 2 is 1.81 bits per heavy atom. The molecule has 3 aromatic rings. The number of benzene rings is 2. The van der Waals surface area contributed by atoms with Gasteiger partial charge in [0, 0.05) is 42.8 Å². The van der Waals surface area contributed by atoms with Crippen molar-refractivity contribution in [3.05, 3.63) is 59.1 Å². The molecule has 2 fully saturated rings. The Morgan fingerprint density at radius 3 is 2.52 bits per heavy atom. The van der Waals surface area contributed by atoms with Crippen molar-refractivity contribution in [3.63, 3.8) is 0 Å². The first-order valence-electron chi connectivity index (χ1n) is 10.1. The van der Waals surface area contributed by atoms with E-state index in [1.54, 1.807) is 12.3 Å². The maximum absolute atomic E-state index is 11.9. The summed E-state index contributed by atoms with van der Waals surface area (Å²) in [6, 6.07) is 14.3. The molecule has 2 saturated heterocycles. The van der Waals surface area contributed by atoms with Crippen molar-refractivity contribution in [1.29, 1.82) is 0 Å². The van der Waals surface area contributed by atoms with Crippen molar-refractivity contribution in [2.24, 2.45) is 0 Å². The molecule has 0 radical (unpaired) electrons. The van der Waals surface area contributed by atoms with Gasteiger partial charge in [0.05, 0.1) is 16.6 Å². The van der Waals surface area contributed by atoms with E-state index < -0.39 is 0 Å². The van der Waals surface area contributed by atoms with Crippen molar-refractivity contribution >= 4 is 45.6 Å². The van der Waals surface area contributed by atoms with E-state index in [0.717, 1.165) is 65.5 Å². The quantitative estimate of drug-likeness (QED) is 0.637. The summed E-state index contributed by atoms with van der Waals surface area (Å²) in [5, 5.41) is 11.3. The number of rotatable bonds is 3. The molecule has 0 saturated carbocycles. The van der Waals surface area contributed by atoms with E-state index in [1.807, 2.05) is 18.2 Å². The predicted molar refractivity (Wildman–Crippen MR) is 124 cm³/mol. The van der Waals surface area contributed by atoms with Crippen LogP contribution in [-0.4, -0.2) is 59.5 Å². The molecule has 2 amide bonds. The highest BCUT2D eigenvalue weighted by Crippen LogP contribution is 2.31. The largest absolute Gasteiger partial charge is 0.369 e. The first kappa shape index (κ1) is 19.7. The zero-order valence-corrected chi connectivity index (χ0v) is 17.9. The first-order chi connectivity index (χ1) is 15.1. The third kappa shape index (κ3) is 4.04. The van der Waals surface area contributed by atoms with Gasteiger partial charge in [0.2, 0.25) is 0 Å². The van der Waals surface area contributed by atoms with Crippen LogP contribution in [0, 0.1) is 0 Å². The molecule has 1 N–H and O–H groups in total. The number of thioether (sulfide) groups is 1. The number of hydrogen-bond acceptors (Lipinski definition) is 7. The van der Waals surface area contributed by atoms with Crippen molar-refractivity contribution in [1.82, 2.24) is 20.4 Å². The fourth-order valence-corrected chi connectivity index (χ4v) is 4.57. The Hall–Kier alpha value is -3.23. The minimum absolute atomic E-state index is 0.343. The van der Waals surface area contributed by atoms with Crippen LogP contribution in [0.3, 0.4) is 0 Å². The van der Waals surface area contributed by atoms with Gasteiger partial charge in [-0.2, -0.15) is 10.2 Å². The highest BCUT2D eigenvalue weighted by molar-refractivity contribution is 8.18. The van der Waals surface area contributed by atoms with Gasteiger partial charge < -0.3 is 9.80 Å². The summed E-state index contributed by atoms with van der Waals surface area (Å²) in [6.07, 6.45) is 3.50. The van der Waals surface area contributed by atoms with E-state index in [0.29, 0.717) is 4.91 Å². The topological polar surface area (TPSA) is 78.4 Å². The van der Waals surface area contributed by atoms with Gasteiger partial charge in [-0.15, -0.1) is 0 Å². The van der Waals surface area contributed by atoms with Crippen LogP contribution in [0.5, 0.6) is 0 Å². The second-order valence-electron chi connectivity index (χ2n) is 7.72. The predicted octanol–water partition coefficient (Wildman–Crippen LogP) is 3.37. The fourth-order valence-electron chi connectivity index (χ4n) is 3.88. The molecule has 0 bridgehead atoms. The lowest BCUT2D eigenvalue weighted by Crippen LogP contribution is -2.44. The van der Waals surface area contributed by atoms with Crippen LogP contribution < -0.4 is 10.2 Å². The van der Waals surface area contributed by atoms with Crippen LogP contribution in [0.25, 0.3) is 28.1 Å². The lowest BCUT2D eigenvalue weighted by Gasteiger charge is -2.34. The zero-order chi connectivity index (χ0) is 21.4. The van der Waals surface area contributed by atoms with Crippen LogP contribution in [0.15, 0.2) is 53.6 Å². The number of carbonyl (C=O) groups excluding carboxylic acids is 2. The molecule has 3 heterocycles. The van der Waals surface area contributed by atoms with Gasteiger partial charge in [-0.05, 0) is 60.3 Å². The second kappa shape index (κ2) is 8.13. The second-order valence-corrected chi connectivity index (χ2v) is 8.74. The van der Waals surface area contributed by atoms with Gasteiger partial charge in [0.15, 0.2) is 0 Å². The van der Waals surface area contributed by atoms with E-state index in [2.05, 4.69) is 56.6 Å². The molecule has 156 valence electrons. The highest BCUT2D eigenvalue weighted by atomic mass is 32.2. The number of hydrogen-bond donors (Lipinski definition) is 1. The molecule has 5 rings (SSSR count). The number of aromatic nitrogens is 2. The molecule has 31 heavy (non-hydrogen) atoms. The van der Waals surface area contributed by atoms with Crippen LogP contribution >= 0.6 is 11.8 Å². The number of nitrogens with zero attached hydrogens (tertiary/aromatic N) is 4. The Balaban J connectivity index is 1.47. The van der Waals surface area contributed by atoms with E-state index in [1.165, 1.54) is 5.69 Å². The average Bonchev–Trinajstić information content (AvgIpc) is 3.10. The van der Waals surface area contributed by atoms with Crippen molar-refractivity contribution in [3.8, 4) is 11.1 Å². The molecule has 0 spiro atoms. The normalized spacial score (nSPS) is 18.7. The van der Waals surface area contributed by atoms with E-state index in [-0.39, 0.29) is 11.1 Å². The van der Waals surface area contributed by atoms with Gasteiger partial charge >= 0.3 is 0 Å². The minimum Gasteiger partial charge on any atom is -0.369 e. The van der Waals surface area contributed by atoms with Gasteiger partial charge in [-0.1, -0.05) is 18.2 Å². The lowest BCUT2D eigenvalue weighted by molar-refractivity contribution is -0.115. The molecule has 0 aliphatic carbocycles. The summed E-state index contributed by atoms with van der Waals surface area (Å²) < 4.78 is 0. The lowest BCUT2D eigenvalue weighted by atomic mass is 10.0. The first-order valence-corrected chi connectivity index (χ1v) is 10.9. The Morgan fingerprint density at radius 1 is 1.03 bits per heavy atom. The smallest absolute Gasteiger partial charge is 0.290 e. The van der Waals surface area contributed by atoms with E-state index in [4.69, 9.17) is 0 Å². The summed E-state index contributed by atoms with van der Waals surface area (Å²) in [5.41, 5.74) is 4.88. The maximum Gasteiger partial charge on any atom is 0.290 e. The molecule has 7 nitrogen and oxygen atoms in total.